The van der Waals surface area contributed by atoms with E-state index in [0.29, 0.717) is 25.1 Å². The zero-order valence-corrected chi connectivity index (χ0v) is 10.8. The van der Waals surface area contributed by atoms with Crippen LogP contribution in [0.1, 0.15) is 24.8 Å². The van der Waals surface area contributed by atoms with E-state index in [-0.39, 0.29) is 23.7 Å². The molecule has 0 radical (unpaired) electrons. The van der Waals surface area contributed by atoms with Gasteiger partial charge in [-0.05, 0) is 36.4 Å². The molecule has 1 aliphatic carbocycles. The second-order valence-electron chi connectivity index (χ2n) is 5.20. The second-order valence-corrected chi connectivity index (χ2v) is 5.20. The van der Waals surface area contributed by atoms with Crippen LogP contribution in [0, 0.1) is 23.5 Å². The maximum absolute atomic E-state index is 13.6. The van der Waals surface area contributed by atoms with Crippen molar-refractivity contribution in [3.63, 3.8) is 0 Å². The number of benzene rings is 1. The summed E-state index contributed by atoms with van der Waals surface area (Å²) < 4.78 is 26.4. The molecule has 5 heteroatoms. The molecule has 1 amide bonds. The Morgan fingerprint density at radius 2 is 2.26 bits per heavy atom. The smallest absolute Gasteiger partial charge is 0.223 e. The summed E-state index contributed by atoms with van der Waals surface area (Å²) in [4.78, 5) is 11.8. The van der Waals surface area contributed by atoms with E-state index in [9.17, 15) is 13.6 Å². The van der Waals surface area contributed by atoms with Crippen molar-refractivity contribution in [2.75, 3.05) is 13.1 Å². The van der Waals surface area contributed by atoms with E-state index in [1.54, 1.807) is 0 Å². The second kappa shape index (κ2) is 5.65. The number of halogens is 2. The van der Waals surface area contributed by atoms with Crippen molar-refractivity contribution in [3.05, 3.63) is 35.4 Å². The number of nitrogens with one attached hydrogen (secondary N) is 1. The van der Waals surface area contributed by atoms with Crippen LogP contribution in [0.2, 0.25) is 0 Å². The molecule has 1 aliphatic rings. The molecule has 0 aromatic heterocycles. The predicted octanol–water partition coefficient (Wildman–Crippen LogP) is 1.78. The highest BCUT2D eigenvalue weighted by atomic mass is 19.1. The average molecular weight is 268 g/mol. The van der Waals surface area contributed by atoms with Gasteiger partial charge in [-0.2, -0.15) is 0 Å². The van der Waals surface area contributed by atoms with Crippen molar-refractivity contribution < 1.29 is 13.6 Å². The van der Waals surface area contributed by atoms with Gasteiger partial charge in [0.2, 0.25) is 5.91 Å². The van der Waals surface area contributed by atoms with Gasteiger partial charge in [-0.1, -0.05) is 13.0 Å². The normalized spacial score (nSPS) is 22.9. The van der Waals surface area contributed by atoms with E-state index in [1.807, 2.05) is 6.92 Å². The fourth-order valence-electron chi connectivity index (χ4n) is 2.12. The Balaban J connectivity index is 1.91. The number of carbonyl (C=O) groups excluding carboxylic acids is 1. The molecule has 2 rings (SSSR count). The molecule has 0 spiro atoms. The summed E-state index contributed by atoms with van der Waals surface area (Å²) in [5.41, 5.74) is 5.89. The lowest BCUT2D eigenvalue weighted by molar-refractivity contribution is -0.122. The molecule has 0 bridgehead atoms. The Morgan fingerprint density at radius 1 is 1.53 bits per heavy atom. The number of carbonyl (C=O) groups is 1. The highest BCUT2D eigenvalue weighted by Crippen LogP contribution is 2.48. The lowest BCUT2D eigenvalue weighted by Crippen LogP contribution is -2.32. The lowest BCUT2D eigenvalue weighted by atomic mass is 10.1. The van der Waals surface area contributed by atoms with Crippen LogP contribution in [-0.2, 0) is 4.79 Å². The topological polar surface area (TPSA) is 55.1 Å². The summed E-state index contributed by atoms with van der Waals surface area (Å²) in [7, 11) is 0. The zero-order chi connectivity index (χ0) is 14.0. The first-order chi connectivity index (χ1) is 9.02. The number of hydrogen-bond donors (Lipinski definition) is 2. The van der Waals surface area contributed by atoms with Gasteiger partial charge in [-0.3, -0.25) is 4.79 Å². The Hall–Kier alpha value is -1.49. The van der Waals surface area contributed by atoms with E-state index in [1.165, 1.54) is 12.1 Å². The van der Waals surface area contributed by atoms with Gasteiger partial charge in [0.05, 0.1) is 0 Å². The summed E-state index contributed by atoms with van der Waals surface area (Å²) in [6.45, 7) is 3.00. The minimum absolute atomic E-state index is 0.0750. The van der Waals surface area contributed by atoms with Crippen LogP contribution in [0.5, 0.6) is 0 Å². The largest absolute Gasteiger partial charge is 0.356 e. The molecule has 0 aliphatic heterocycles. The van der Waals surface area contributed by atoms with Crippen molar-refractivity contribution in [1.82, 2.24) is 5.32 Å². The summed E-state index contributed by atoms with van der Waals surface area (Å²) >= 11 is 0. The molecule has 3 nitrogen and oxygen atoms in total. The molecular formula is C14H18F2N2O. The third-order valence-electron chi connectivity index (χ3n) is 3.52. The number of rotatable bonds is 5. The molecule has 0 heterocycles. The first-order valence-corrected chi connectivity index (χ1v) is 6.45. The number of hydrogen-bond acceptors (Lipinski definition) is 2. The maximum Gasteiger partial charge on any atom is 0.223 e. The van der Waals surface area contributed by atoms with Crippen molar-refractivity contribution in [3.8, 4) is 0 Å². The van der Waals surface area contributed by atoms with Gasteiger partial charge in [0, 0.05) is 18.5 Å². The molecule has 3 N–H and O–H groups in total. The molecule has 1 fully saturated rings. The molecule has 1 aromatic rings. The van der Waals surface area contributed by atoms with Gasteiger partial charge >= 0.3 is 0 Å². The highest BCUT2D eigenvalue weighted by molar-refractivity contribution is 5.82. The van der Waals surface area contributed by atoms with Gasteiger partial charge in [-0.15, -0.1) is 0 Å². The molecule has 3 unspecified atom stereocenters. The monoisotopic (exact) mass is 268 g/mol. The Morgan fingerprint density at radius 3 is 2.89 bits per heavy atom. The van der Waals surface area contributed by atoms with Crippen LogP contribution in [0.15, 0.2) is 18.2 Å². The molecule has 1 aromatic carbocycles. The third kappa shape index (κ3) is 3.29. The van der Waals surface area contributed by atoms with Crippen LogP contribution >= 0.6 is 0 Å². The quantitative estimate of drug-likeness (QED) is 0.855. The first kappa shape index (κ1) is 13.9. The van der Waals surface area contributed by atoms with Gasteiger partial charge < -0.3 is 11.1 Å². The molecular weight excluding hydrogens is 250 g/mol. The minimum Gasteiger partial charge on any atom is -0.356 e. The number of nitrogens with two attached hydrogens (primary N) is 1. The molecule has 1 saturated carbocycles. The molecule has 3 atom stereocenters. The van der Waals surface area contributed by atoms with Crippen molar-refractivity contribution >= 4 is 5.91 Å². The predicted molar refractivity (Wildman–Crippen MR) is 68.4 cm³/mol. The summed E-state index contributed by atoms with van der Waals surface area (Å²) in [6, 6.07) is 3.51. The average Bonchev–Trinajstić information content (AvgIpc) is 3.15. The molecule has 0 saturated heterocycles. The first-order valence-electron chi connectivity index (χ1n) is 6.45. The van der Waals surface area contributed by atoms with E-state index >= 15 is 0 Å². The standard InChI is InChI=1S/C14H18F2N2O/c1-8(6-17)7-18-14(19)12-5-11(12)10-3-2-9(15)4-13(10)16/h2-4,8,11-12H,5-7,17H2,1H3,(H,18,19). The molecule has 104 valence electrons. The molecule has 19 heavy (non-hydrogen) atoms. The van der Waals surface area contributed by atoms with Crippen LogP contribution < -0.4 is 11.1 Å². The van der Waals surface area contributed by atoms with Crippen LogP contribution in [0.4, 0.5) is 8.78 Å². The van der Waals surface area contributed by atoms with Gasteiger partial charge in [0.25, 0.3) is 0 Å². The van der Waals surface area contributed by atoms with Gasteiger partial charge in [0.1, 0.15) is 11.6 Å². The van der Waals surface area contributed by atoms with Crippen LogP contribution in [0.25, 0.3) is 0 Å². The fourth-order valence-corrected chi connectivity index (χ4v) is 2.12. The van der Waals surface area contributed by atoms with Crippen LogP contribution in [-0.4, -0.2) is 19.0 Å². The van der Waals surface area contributed by atoms with Crippen molar-refractivity contribution in [2.24, 2.45) is 17.6 Å². The SMILES string of the molecule is CC(CN)CNC(=O)C1CC1c1ccc(F)cc1F. The minimum atomic E-state index is -0.598. The van der Waals surface area contributed by atoms with E-state index in [2.05, 4.69) is 5.32 Å². The lowest BCUT2D eigenvalue weighted by Gasteiger charge is -2.10. The van der Waals surface area contributed by atoms with Crippen molar-refractivity contribution in [2.45, 2.75) is 19.3 Å². The fraction of sp³-hybridized carbons (Fsp3) is 0.500. The maximum atomic E-state index is 13.6. The van der Waals surface area contributed by atoms with Crippen LogP contribution in [0.3, 0.4) is 0 Å². The van der Waals surface area contributed by atoms with Gasteiger partial charge in [0.15, 0.2) is 0 Å². The van der Waals surface area contributed by atoms with E-state index in [0.717, 1.165) is 6.07 Å². The summed E-state index contributed by atoms with van der Waals surface area (Å²) in [6.07, 6.45) is 0.616. The Bertz CT molecular complexity index is 479. The van der Waals surface area contributed by atoms with Gasteiger partial charge in [-0.25, -0.2) is 8.78 Å². The summed E-state index contributed by atoms with van der Waals surface area (Å²) in [5.74, 6) is -1.35. The number of amides is 1. The summed E-state index contributed by atoms with van der Waals surface area (Å²) in [5, 5.41) is 2.81. The Labute approximate surface area is 111 Å². The Kier molecular flexibility index (Phi) is 4.14. The third-order valence-corrected chi connectivity index (χ3v) is 3.52. The van der Waals surface area contributed by atoms with E-state index in [4.69, 9.17) is 5.73 Å². The van der Waals surface area contributed by atoms with Crippen molar-refractivity contribution in [1.29, 1.82) is 0 Å². The highest BCUT2D eigenvalue weighted by Gasteiger charge is 2.45. The zero-order valence-electron chi connectivity index (χ0n) is 10.8. The van der Waals surface area contributed by atoms with E-state index < -0.39 is 11.6 Å².